The average molecular weight is 352 g/mol. The molecule has 0 atom stereocenters. The summed E-state index contributed by atoms with van der Waals surface area (Å²) in [7, 11) is 1.60. The Kier molecular flexibility index (Phi) is 7.01. The van der Waals surface area contributed by atoms with Gasteiger partial charge in [0.15, 0.2) is 6.61 Å². The summed E-state index contributed by atoms with van der Waals surface area (Å²) >= 11 is 0. The molecule has 2 aromatic carbocycles. The van der Waals surface area contributed by atoms with E-state index in [9.17, 15) is 4.79 Å². The second-order valence-electron chi connectivity index (χ2n) is 5.29. The molecule has 0 aliphatic rings. The first-order valence-corrected chi connectivity index (χ1v) is 7.93. The number of amides is 1. The second-order valence-corrected chi connectivity index (χ2v) is 5.29. The molecule has 0 saturated heterocycles. The highest BCUT2D eigenvalue weighted by Crippen LogP contribution is 2.14. The number of carbonyl (C=O) groups excluding carboxylic acids is 1. The maximum atomic E-state index is 11.9. The molecule has 0 saturated carbocycles. The fourth-order valence-electron chi connectivity index (χ4n) is 2.05. The molecule has 2 N–H and O–H groups in total. The van der Waals surface area contributed by atoms with Gasteiger partial charge in [0.2, 0.25) is 0 Å². The first-order chi connectivity index (χ1) is 12.6. The Labute approximate surface area is 152 Å². The van der Waals surface area contributed by atoms with Crippen molar-refractivity contribution >= 4 is 17.3 Å². The molecule has 134 valence electrons. The number of hydrogen-bond donors (Lipinski definition) is 2. The lowest BCUT2D eigenvalue weighted by atomic mass is 10.1. The van der Waals surface area contributed by atoms with E-state index in [1.54, 1.807) is 26.2 Å². The third kappa shape index (κ3) is 5.83. The molecular formula is C19H20N4O3. The normalized spacial score (nSPS) is 10.6. The average Bonchev–Trinajstić information content (AvgIpc) is 2.69. The van der Waals surface area contributed by atoms with E-state index in [4.69, 9.17) is 14.7 Å². The van der Waals surface area contributed by atoms with Gasteiger partial charge < -0.3 is 14.8 Å². The molecule has 0 bridgehead atoms. The third-order valence-electron chi connectivity index (χ3n) is 3.47. The molecule has 0 aromatic heterocycles. The van der Waals surface area contributed by atoms with Crippen LogP contribution in [0.5, 0.6) is 11.5 Å². The van der Waals surface area contributed by atoms with Crippen LogP contribution in [0.25, 0.3) is 0 Å². The largest absolute Gasteiger partial charge is 0.497 e. The van der Waals surface area contributed by atoms with E-state index in [1.807, 2.05) is 42.5 Å². The topological polar surface area (TPSA) is 95.7 Å². The monoisotopic (exact) mass is 352 g/mol. The number of hydrazone groups is 1. The number of ether oxygens (including phenoxy) is 2. The van der Waals surface area contributed by atoms with E-state index >= 15 is 0 Å². The van der Waals surface area contributed by atoms with Gasteiger partial charge in [0.05, 0.1) is 19.4 Å². The number of benzene rings is 2. The van der Waals surface area contributed by atoms with Gasteiger partial charge in [-0.05, 0) is 61.0 Å². The highest BCUT2D eigenvalue weighted by Gasteiger charge is 2.03. The molecule has 2 aromatic rings. The van der Waals surface area contributed by atoms with Gasteiger partial charge in [-0.1, -0.05) is 0 Å². The Morgan fingerprint density at radius 2 is 1.77 bits per heavy atom. The summed E-state index contributed by atoms with van der Waals surface area (Å²) in [5, 5.41) is 15.6. The molecule has 0 unspecified atom stereocenters. The minimum absolute atomic E-state index is 0.00364. The van der Waals surface area contributed by atoms with Crippen LogP contribution in [-0.4, -0.2) is 31.9 Å². The van der Waals surface area contributed by atoms with Crippen LogP contribution in [0, 0.1) is 11.3 Å². The Bertz CT molecular complexity index is 793. The van der Waals surface area contributed by atoms with Crippen LogP contribution in [0.3, 0.4) is 0 Å². The molecule has 1 amide bonds. The Hall–Kier alpha value is -3.53. The minimum Gasteiger partial charge on any atom is -0.497 e. The van der Waals surface area contributed by atoms with Gasteiger partial charge >= 0.3 is 0 Å². The number of carbonyl (C=O) groups is 1. The number of nitriles is 1. The van der Waals surface area contributed by atoms with Gasteiger partial charge in [-0.25, -0.2) is 5.43 Å². The van der Waals surface area contributed by atoms with E-state index in [-0.39, 0.29) is 19.1 Å². The van der Waals surface area contributed by atoms with Crippen LogP contribution in [0.4, 0.5) is 5.69 Å². The highest BCUT2D eigenvalue weighted by molar-refractivity contribution is 5.99. The number of nitrogens with zero attached hydrogens (tertiary/aromatic N) is 2. The molecule has 0 spiro atoms. The van der Waals surface area contributed by atoms with Crippen LogP contribution >= 0.6 is 0 Å². The smallest absolute Gasteiger partial charge is 0.259 e. The summed E-state index contributed by atoms with van der Waals surface area (Å²) in [6.45, 7) is 1.90. The van der Waals surface area contributed by atoms with E-state index in [0.717, 1.165) is 17.0 Å². The molecule has 7 nitrogen and oxygen atoms in total. The van der Waals surface area contributed by atoms with Crippen LogP contribution in [0.15, 0.2) is 53.6 Å². The van der Waals surface area contributed by atoms with Crippen molar-refractivity contribution in [2.75, 3.05) is 25.6 Å². The van der Waals surface area contributed by atoms with Gasteiger partial charge in [-0.2, -0.15) is 10.4 Å². The zero-order valence-electron chi connectivity index (χ0n) is 14.7. The van der Waals surface area contributed by atoms with Crippen molar-refractivity contribution in [2.45, 2.75) is 6.92 Å². The lowest BCUT2D eigenvalue weighted by Crippen LogP contribution is -2.26. The number of anilines is 1. The third-order valence-corrected chi connectivity index (χ3v) is 3.47. The lowest BCUT2D eigenvalue weighted by molar-refractivity contribution is -0.119. The lowest BCUT2D eigenvalue weighted by Gasteiger charge is -2.07. The second kappa shape index (κ2) is 9.69. The number of nitrogens with one attached hydrogen (secondary N) is 2. The van der Waals surface area contributed by atoms with Gasteiger partial charge in [0.25, 0.3) is 5.91 Å². The van der Waals surface area contributed by atoms with E-state index in [2.05, 4.69) is 15.8 Å². The number of hydrogen-bond acceptors (Lipinski definition) is 6. The number of methoxy groups -OCH3 is 1. The van der Waals surface area contributed by atoms with Crippen molar-refractivity contribution < 1.29 is 14.3 Å². The molecule has 0 fully saturated rings. The summed E-state index contributed by atoms with van der Waals surface area (Å²) in [6.07, 6.45) is 0. The van der Waals surface area contributed by atoms with E-state index in [1.165, 1.54) is 0 Å². The first-order valence-electron chi connectivity index (χ1n) is 7.93. The molecule has 26 heavy (non-hydrogen) atoms. The molecule has 0 aliphatic heterocycles. The Balaban J connectivity index is 1.83. The van der Waals surface area contributed by atoms with Crippen molar-refractivity contribution in [3.63, 3.8) is 0 Å². The predicted octanol–water partition coefficient (Wildman–Crippen LogP) is 2.55. The fourth-order valence-corrected chi connectivity index (χ4v) is 2.05. The summed E-state index contributed by atoms with van der Waals surface area (Å²) in [4.78, 5) is 11.9. The van der Waals surface area contributed by atoms with Crippen LogP contribution in [0.1, 0.15) is 12.5 Å². The van der Waals surface area contributed by atoms with Gasteiger partial charge in [-0.3, -0.25) is 4.79 Å². The van der Waals surface area contributed by atoms with Crippen LogP contribution in [0.2, 0.25) is 0 Å². The van der Waals surface area contributed by atoms with Gasteiger partial charge in [0.1, 0.15) is 17.6 Å². The van der Waals surface area contributed by atoms with Crippen LogP contribution < -0.4 is 20.2 Å². The predicted molar refractivity (Wildman–Crippen MR) is 99.4 cm³/mol. The summed E-state index contributed by atoms with van der Waals surface area (Å²) in [6, 6.07) is 16.3. The van der Waals surface area contributed by atoms with Crippen molar-refractivity contribution in [2.24, 2.45) is 5.10 Å². The molecular weight excluding hydrogens is 332 g/mol. The SMILES string of the molecule is COc1ccc(NCC(=O)N/N=C(/C)c2ccc(OCC#N)cc2)cc1. The standard InChI is InChI=1S/C19H20N4O3/c1-14(15-3-7-18(8-4-15)26-12-11-20)22-23-19(24)13-21-16-5-9-17(25-2)10-6-16/h3-10,21H,12-13H2,1-2H3,(H,23,24)/b22-14-. The molecule has 0 aliphatic carbocycles. The molecule has 7 heteroatoms. The van der Waals surface area contributed by atoms with Crippen molar-refractivity contribution in [3.8, 4) is 17.6 Å². The highest BCUT2D eigenvalue weighted by atomic mass is 16.5. The van der Waals surface area contributed by atoms with Crippen molar-refractivity contribution in [1.82, 2.24) is 5.43 Å². The quantitative estimate of drug-likeness (QED) is 0.562. The maximum Gasteiger partial charge on any atom is 0.259 e. The number of rotatable bonds is 8. The van der Waals surface area contributed by atoms with E-state index in [0.29, 0.717) is 11.5 Å². The van der Waals surface area contributed by atoms with E-state index < -0.39 is 0 Å². The first kappa shape index (κ1) is 18.8. The Morgan fingerprint density at radius 1 is 1.12 bits per heavy atom. The zero-order chi connectivity index (χ0) is 18.8. The summed E-state index contributed by atoms with van der Waals surface area (Å²) < 4.78 is 10.3. The van der Waals surface area contributed by atoms with Crippen molar-refractivity contribution in [3.05, 3.63) is 54.1 Å². The van der Waals surface area contributed by atoms with Crippen LogP contribution in [-0.2, 0) is 4.79 Å². The molecule has 2 rings (SSSR count). The zero-order valence-corrected chi connectivity index (χ0v) is 14.7. The van der Waals surface area contributed by atoms with Gasteiger partial charge in [-0.15, -0.1) is 0 Å². The maximum absolute atomic E-state index is 11.9. The minimum atomic E-state index is -0.255. The molecule has 0 heterocycles. The van der Waals surface area contributed by atoms with Gasteiger partial charge in [0, 0.05) is 5.69 Å². The summed E-state index contributed by atoms with van der Waals surface area (Å²) in [5.74, 6) is 1.11. The summed E-state index contributed by atoms with van der Waals surface area (Å²) in [5.41, 5.74) is 4.83. The Morgan fingerprint density at radius 3 is 2.38 bits per heavy atom. The van der Waals surface area contributed by atoms with Crippen molar-refractivity contribution in [1.29, 1.82) is 5.26 Å². The molecule has 0 radical (unpaired) electrons. The fraction of sp³-hybridized carbons (Fsp3) is 0.211.